The van der Waals surface area contributed by atoms with Crippen LogP contribution in [0.1, 0.15) is 29.8 Å². The van der Waals surface area contributed by atoms with E-state index in [4.69, 9.17) is 10.5 Å². The smallest absolute Gasteiger partial charge is 0.316 e. The first-order valence-electron chi connectivity index (χ1n) is 9.33. The molecule has 1 aliphatic rings. The number of hydrogen-bond acceptors (Lipinski definition) is 4. The molecule has 0 bridgehead atoms. The second-order valence-electron chi connectivity index (χ2n) is 7.17. The SMILES string of the molecule is CC1CN(Cc2ccc(C(=O)Nc3cccc(NC(N)=O)c3)cc2)CC(C)O1. The molecule has 0 aliphatic carbocycles. The number of urea groups is 1. The van der Waals surface area contributed by atoms with E-state index in [1.165, 1.54) is 0 Å². The van der Waals surface area contributed by atoms with Crippen LogP contribution in [0.15, 0.2) is 48.5 Å². The lowest BCUT2D eigenvalue weighted by Gasteiger charge is -2.35. The summed E-state index contributed by atoms with van der Waals surface area (Å²) in [5.41, 5.74) is 7.95. The average molecular weight is 382 g/mol. The van der Waals surface area contributed by atoms with Crippen molar-refractivity contribution in [1.82, 2.24) is 4.90 Å². The van der Waals surface area contributed by atoms with Crippen LogP contribution in [0.2, 0.25) is 0 Å². The Balaban J connectivity index is 1.60. The van der Waals surface area contributed by atoms with Crippen LogP contribution in [-0.2, 0) is 11.3 Å². The summed E-state index contributed by atoms with van der Waals surface area (Å²) in [5, 5.41) is 5.31. The molecule has 0 spiro atoms. The van der Waals surface area contributed by atoms with Gasteiger partial charge in [0, 0.05) is 36.6 Å². The van der Waals surface area contributed by atoms with Crippen molar-refractivity contribution in [3.8, 4) is 0 Å². The first-order chi connectivity index (χ1) is 13.4. The third-order valence-electron chi connectivity index (χ3n) is 4.51. The van der Waals surface area contributed by atoms with E-state index in [-0.39, 0.29) is 18.1 Å². The van der Waals surface area contributed by atoms with Crippen LogP contribution in [0.5, 0.6) is 0 Å². The van der Waals surface area contributed by atoms with E-state index in [2.05, 4.69) is 29.4 Å². The lowest BCUT2D eigenvalue weighted by Crippen LogP contribution is -2.44. The molecule has 1 fully saturated rings. The fraction of sp³-hybridized carbons (Fsp3) is 0.333. The van der Waals surface area contributed by atoms with Crippen LogP contribution in [0.3, 0.4) is 0 Å². The van der Waals surface area contributed by atoms with Crippen LogP contribution in [0.25, 0.3) is 0 Å². The topological polar surface area (TPSA) is 96.7 Å². The number of hydrogen-bond donors (Lipinski definition) is 3. The summed E-state index contributed by atoms with van der Waals surface area (Å²) in [4.78, 5) is 25.8. The molecule has 4 N–H and O–H groups in total. The summed E-state index contributed by atoms with van der Waals surface area (Å²) in [6.07, 6.45) is 0.460. The molecule has 28 heavy (non-hydrogen) atoms. The first kappa shape index (κ1) is 19.9. The van der Waals surface area contributed by atoms with Gasteiger partial charge in [0.15, 0.2) is 0 Å². The maximum absolute atomic E-state index is 12.5. The highest BCUT2D eigenvalue weighted by Gasteiger charge is 2.22. The molecule has 0 aromatic heterocycles. The highest BCUT2D eigenvalue weighted by Crippen LogP contribution is 2.17. The summed E-state index contributed by atoms with van der Waals surface area (Å²) in [7, 11) is 0. The van der Waals surface area contributed by atoms with E-state index in [0.717, 1.165) is 25.2 Å². The van der Waals surface area contributed by atoms with Gasteiger partial charge in [-0.1, -0.05) is 18.2 Å². The Morgan fingerprint density at radius 1 is 1.04 bits per heavy atom. The standard InChI is InChI=1S/C21H26N4O3/c1-14-11-25(12-15(2)28-14)13-16-6-8-17(9-7-16)20(26)23-18-4-3-5-19(10-18)24-21(22)27/h3-10,14-15H,11-13H2,1-2H3,(H,23,26)(H3,22,24,27). The van der Waals surface area contributed by atoms with Crippen molar-refractivity contribution in [3.05, 3.63) is 59.7 Å². The van der Waals surface area contributed by atoms with E-state index >= 15 is 0 Å². The van der Waals surface area contributed by atoms with Gasteiger partial charge in [-0.2, -0.15) is 0 Å². The predicted molar refractivity (Wildman–Crippen MR) is 109 cm³/mol. The van der Waals surface area contributed by atoms with Gasteiger partial charge in [-0.25, -0.2) is 4.79 Å². The Morgan fingerprint density at radius 2 is 1.64 bits per heavy atom. The van der Waals surface area contributed by atoms with Crippen LogP contribution in [-0.4, -0.2) is 42.1 Å². The Labute approximate surface area is 164 Å². The Bertz CT molecular complexity index is 828. The van der Waals surface area contributed by atoms with Crippen molar-refractivity contribution in [1.29, 1.82) is 0 Å². The fourth-order valence-electron chi connectivity index (χ4n) is 3.45. The average Bonchev–Trinajstić information content (AvgIpc) is 2.61. The fourth-order valence-corrected chi connectivity index (χ4v) is 3.45. The van der Waals surface area contributed by atoms with Crippen molar-refractivity contribution in [2.75, 3.05) is 23.7 Å². The molecular weight excluding hydrogens is 356 g/mol. The maximum Gasteiger partial charge on any atom is 0.316 e. The Morgan fingerprint density at radius 3 is 2.25 bits per heavy atom. The van der Waals surface area contributed by atoms with Crippen molar-refractivity contribution in [3.63, 3.8) is 0 Å². The lowest BCUT2D eigenvalue weighted by atomic mass is 10.1. The second kappa shape index (κ2) is 8.86. The van der Waals surface area contributed by atoms with Gasteiger partial charge in [0.25, 0.3) is 5.91 Å². The predicted octanol–water partition coefficient (Wildman–Crippen LogP) is 3.04. The molecule has 2 aromatic carbocycles. The summed E-state index contributed by atoms with van der Waals surface area (Å²) < 4.78 is 5.77. The van der Waals surface area contributed by atoms with Gasteiger partial charge < -0.3 is 21.1 Å². The number of carbonyl (C=O) groups is 2. The molecule has 1 saturated heterocycles. The normalized spacial score (nSPS) is 19.8. The minimum absolute atomic E-state index is 0.212. The van der Waals surface area contributed by atoms with Crippen molar-refractivity contribution in [2.45, 2.75) is 32.6 Å². The Hall–Kier alpha value is -2.90. The zero-order valence-electron chi connectivity index (χ0n) is 16.1. The molecule has 148 valence electrons. The van der Waals surface area contributed by atoms with E-state index in [1.807, 2.05) is 24.3 Å². The highest BCUT2D eigenvalue weighted by molar-refractivity contribution is 6.04. The van der Waals surface area contributed by atoms with Gasteiger partial charge in [-0.05, 0) is 49.7 Å². The highest BCUT2D eigenvalue weighted by atomic mass is 16.5. The maximum atomic E-state index is 12.5. The van der Waals surface area contributed by atoms with Gasteiger partial charge in [0.05, 0.1) is 12.2 Å². The van der Waals surface area contributed by atoms with Crippen molar-refractivity contribution in [2.24, 2.45) is 5.73 Å². The number of nitrogens with one attached hydrogen (secondary N) is 2. The van der Waals surface area contributed by atoms with E-state index < -0.39 is 6.03 Å². The number of carbonyl (C=O) groups excluding carboxylic acids is 2. The molecule has 2 unspecified atom stereocenters. The number of nitrogens with zero attached hydrogens (tertiary/aromatic N) is 1. The summed E-state index contributed by atoms with van der Waals surface area (Å²) in [5.74, 6) is -0.212. The van der Waals surface area contributed by atoms with E-state index in [9.17, 15) is 9.59 Å². The molecule has 0 radical (unpaired) electrons. The number of morpholine rings is 1. The van der Waals surface area contributed by atoms with Crippen LogP contribution in [0, 0.1) is 0 Å². The minimum atomic E-state index is -0.650. The van der Waals surface area contributed by atoms with Crippen LogP contribution >= 0.6 is 0 Å². The molecule has 3 amide bonds. The van der Waals surface area contributed by atoms with Gasteiger partial charge in [0.2, 0.25) is 0 Å². The second-order valence-corrected chi connectivity index (χ2v) is 7.17. The Kier molecular flexibility index (Phi) is 6.28. The number of primary amides is 1. The molecular formula is C21H26N4O3. The largest absolute Gasteiger partial charge is 0.373 e. The molecule has 2 aromatic rings. The quantitative estimate of drug-likeness (QED) is 0.740. The number of amides is 3. The number of nitrogens with two attached hydrogens (primary N) is 1. The van der Waals surface area contributed by atoms with E-state index in [0.29, 0.717) is 16.9 Å². The number of ether oxygens (including phenoxy) is 1. The molecule has 2 atom stereocenters. The van der Waals surface area contributed by atoms with Gasteiger partial charge in [-0.15, -0.1) is 0 Å². The zero-order valence-corrected chi connectivity index (χ0v) is 16.1. The number of rotatable bonds is 5. The summed E-state index contributed by atoms with van der Waals surface area (Å²) in [6.45, 7) is 6.82. The van der Waals surface area contributed by atoms with Gasteiger partial charge in [0.1, 0.15) is 0 Å². The van der Waals surface area contributed by atoms with Crippen LogP contribution < -0.4 is 16.4 Å². The number of anilines is 2. The first-order valence-corrected chi connectivity index (χ1v) is 9.33. The molecule has 7 nitrogen and oxygen atoms in total. The molecule has 1 heterocycles. The lowest BCUT2D eigenvalue weighted by molar-refractivity contribution is -0.0704. The monoisotopic (exact) mass is 382 g/mol. The molecule has 0 saturated carbocycles. The third kappa shape index (κ3) is 5.55. The molecule has 7 heteroatoms. The molecule has 1 aliphatic heterocycles. The van der Waals surface area contributed by atoms with Crippen LogP contribution in [0.4, 0.5) is 16.2 Å². The van der Waals surface area contributed by atoms with Crippen molar-refractivity contribution < 1.29 is 14.3 Å². The van der Waals surface area contributed by atoms with Gasteiger partial charge >= 0.3 is 6.03 Å². The summed E-state index contributed by atoms with van der Waals surface area (Å²) in [6, 6.07) is 13.8. The van der Waals surface area contributed by atoms with E-state index in [1.54, 1.807) is 24.3 Å². The van der Waals surface area contributed by atoms with Crippen molar-refractivity contribution >= 4 is 23.3 Å². The minimum Gasteiger partial charge on any atom is -0.373 e. The summed E-state index contributed by atoms with van der Waals surface area (Å²) >= 11 is 0. The van der Waals surface area contributed by atoms with Gasteiger partial charge in [-0.3, -0.25) is 9.69 Å². The zero-order chi connectivity index (χ0) is 20.1. The number of benzene rings is 2. The third-order valence-corrected chi connectivity index (χ3v) is 4.51. The molecule has 3 rings (SSSR count).